The quantitative estimate of drug-likeness (QED) is 0.767. The highest BCUT2D eigenvalue weighted by Crippen LogP contribution is 2.54. The molecule has 0 saturated heterocycles. The van der Waals surface area contributed by atoms with Crippen LogP contribution in [0.2, 0.25) is 0 Å². The van der Waals surface area contributed by atoms with Crippen LogP contribution in [0.15, 0.2) is 18.2 Å². The molecule has 2 heteroatoms. The highest BCUT2D eigenvalue weighted by Gasteiger charge is 2.45. The van der Waals surface area contributed by atoms with Crippen molar-refractivity contribution < 1.29 is 9.50 Å². The monoisotopic (exact) mass is 194 g/mol. The standard InChI is InChI=1S/C12H15FO/c1-8-3-4-10(13)9(7-8)11(14)12(2)5-6-12/h3-4,7,11,14H,5-6H2,1-2H3. The predicted molar refractivity (Wildman–Crippen MR) is 53.4 cm³/mol. The second-order valence-electron chi connectivity index (χ2n) is 4.58. The van der Waals surface area contributed by atoms with Crippen molar-refractivity contribution in [1.82, 2.24) is 0 Å². The Bertz CT molecular complexity index is 355. The van der Waals surface area contributed by atoms with Crippen molar-refractivity contribution in [3.8, 4) is 0 Å². The number of hydrogen-bond acceptors (Lipinski definition) is 1. The lowest BCUT2D eigenvalue weighted by molar-refractivity contribution is 0.0997. The fraction of sp³-hybridized carbons (Fsp3) is 0.500. The van der Waals surface area contributed by atoms with Crippen LogP contribution in [-0.4, -0.2) is 5.11 Å². The summed E-state index contributed by atoms with van der Waals surface area (Å²) in [6, 6.07) is 4.89. The second kappa shape index (κ2) is 3.06. The maximum absolute atomic E-state index is 13.4. The summed E-state index contributed by atoms with van der Waals surface area (Å²) in [7, 11) is 0. The molecule has 2 rings (SSSR count). The molecule has 1 aromatic rings. The van der Waals surface area contributed by atoms with Gasteiger partial charge in [0.1, 0.15) is 5.82 Å². The number of aliphatic hydroxyl groups excluding tert-OH is 1. The molecule has 0 aliphatic heterocycles. The summed E-state index contributed by atoms with van der Waals surface area (Å²) in [4.78, 5) is 0. The second-order valence-corrected chi connectivity index (χ2v) is 4.58. The Kier molecular flexibility index (Phi) is 2.11. The third-order valence-electron chi connectivity index (χ3n) is 3.14. The highest BCUT2D eigenvalue weighted by atomic mass is 19.1. The number of halogens is 1. The lowest BCUT2D eigenvalue weighted by Gasteiger charge is -2.18. The van der Waals surface area contributed by atoms with Gasteiger partial charge in [-0.15, -0.1) is 0 Å². The van der Waals surface area contributed by atoms with Crippen molar-refractivity contribution in [2.75, 3.05) is 0 Å². The Labute approximate surface area is 83.6 Å². The van der Waals surface area contributed by atoms with Gasteiger partial charge in [-0.05, 0) is 31.2 Å². The van der Waals surface area contributed by atoms with Crippen LogP contribution in [0.5, 0.6) is 0 Å². The van der Waals surface area contributed by atoms with Gasteiger partial charge in [-0.3, -0.25) is 0 Å². The molecule has 0 amide bonds. The van der Waals surface area contributed by atoms with Crippen LogP contribution in [0.1, 0.15) is 37.0 Å². The molecule has 1 atom stereocenters. The van der Waals surface area contributed by atoms with Crippen molar-refractivity contribution in [3.05, 3.63) is 35.1 Å². The van der Waals surface area contributed by atoms with E-state index in [9.17, 15) is 9.50 Å². The van der Waals surface area contributed by atoms with E-state index in [0.29, 0.717) is 5.56 Å². The highest BCUT2D eigenvalue weighted by molar-refractivity contribution is 5.28. The van der Waals surface area contributed by atoms with Crippen LogP contribution in [0.4, 0.5) is 4.39 Å². The molecule has 0 bridgehead atoms. The Hall–Kier alpha value is -0.890. The number of hydrogen-bond donors (Lipinski definition) is 1. The zero-order chi connectivity index (χ0) is 10.3. The summed E-state index contributed by atoms with van der Waals surface area (Å²) in [5.74, 6) is -0.295. The van der Waals surface area contributed by atoms with Crippen LogP contribution in [0.25, 0.3) is 0 Å². The van der Waals surface area contributed by atoms with E-state index in [2.05, 4.69) is 0 Å². The molecule has 1 unspecified atom stereocenters. The van der Waals surface area contributed by atoms with Crippen LogP contribution in [0, 0.1) is 18.2 Å². The molecular weight excluding hydrogens is 179 g/mol. The van der Waals surface area contributed by atoms with Gasteiger partial charge in [-0.25, -0.2) is 4.39 Å². The number of benzene rings is 1. The molecule has 0 heterocycles. The zero-order valence-corrected chi connectivity index (χ0v) is 8.55. The minimum absolute atomic E-state index is 0.0887. The van der Waals surface area contributed by atoms with Gasteiger partial charge in [-0.1, -0.05) is 24.6 Å². The molecule has 1 aliphatic carbocycles. The van der Waals surface area contributed by atoms with E-state index in [1.807, 2.05) is 13.8 Å². The van der Waals surface area contributed by atoms with Gasteiger partial charge in [0.2, 0.25) is 0 Å². The number of aryl methyl sites for hydroxylation is 1. The minimum Gasteiger partial charge on any atom is -0.388 e. The maximum atomic E-state index is 13.4. The van der Waals surface area contributed by atoms with E-state index in [-0.39, 0.29) is 11.2 Å². The summed E-state index contributed by atoms with van der Waals surface area (Å²) >= 11 is 0. The molecule has 1 saturated carbocycles. The molecule has 14 heavy (non-hydrogen) atoms. The van der Waals surface area contributed by atoms with Crippen molar-refractivity contribution in [2.45, 2.75) is 32.8 Å². The van der Waals surface area contributed by atoms with Crippen molar-refractivity contribution in [1.29, 1.82) is 0 Å². The van der Waals surface area contributed by atoms with Gasteiger partial charge in [-0.2, -0.15) is 0 Å². The van der Waals surface area contributed by atoms with Gasteiger partial charge in [0, 0.05) is 5.56 Å². The molecule has 0 aromatic heterocycles. The van der Waals surface area contributed by atoms with Gasteiger partial charge in [0.15, 0.2) is 0 Å². The molecule has 0 spiro atoms. The SMILES string of the molecule is Cc1ccc(F)c(C(O)C2(C)CC2)c1. The van der Waals surface area contributed by atoms with Crippen LogP contribution in [-0.2, 0) is 0 Å². The molecule has 1 N–H and O–H groups in total. The normalized spacial score (nSPS) is 20.6. The lowest BCUT2D eigenvalue weighted by Crippen LogP contribution is -2.11. The summed E-state index contributed by atoms with van der Waals surface area (Å²) in [5.41, 5.74) is 1.35. The molecular formula is C12H15FO. The van der Waals surface area contributed by atoms with E-state index in [4.69, 9.17) is 0 Å². The van der Waals surface area contributed by atoms with E-state index in [1.54, 1.807) is 12.1 Å². The fourth-order valence-corrected chi connectivity index (χ4v) is 1.72. The van der Waals surface area contributed by atoms with E-state index in [1.165, 1.54) is 6.07 Å². The first kappa shape index (κ1) is 9.66. The van der Waals surface area contributed by atoms with E-state index < -0.39 is 6.10 Å². The smallest absolute Gasteiger partial charge is 0.129 e. The average Bonchev–Trinajstić information content (AvgIpc) is 2.88. The third-order valence-corrected chi connectivity index (χ3v) is 3.14. The van der Waals surface area contributed by atoms with Gasteiger partial charge in [0.05, 0.1) is 6.10 Å². The van der Waals surface area contributed by atoms with Crippen molar-refractivity contribution >= 4 is 0 Å². The van der Waals surface area contributed by atoms with Crippen LogP contribution in [0.3, 0.4) is 0 Å². The van der Waals surface area contributed by atoms with Crippen molar-refractivity contribution in [2.24, 2.45) is 5.41 Å². The molecule has 0 radical (unpaired) electrons. The van der Waals surface area contributed by atoms with Crippen LogP contribution < -0.4 is 0 Å². The Balaban J connectivity index is 2.35. The summed E-state index contributed by atoms with van der Waals surface area (Å²) < 4.78 is 13.4. The molecule has 1 aliphatic rings. The minimum atomic E-state index is -0.651. The van der Waals surface area contributed by atoms with Crippen molar-refractivity contribution in [3.63, 3.8) is 0 Å². The summed E-state index contributed by atoms with van der Waals surface area (Å²) in [5, 5.41) is 9.98. The average molecular weight is 194 g/mol. The first-order valence-electron chi connectivity index (χ1n) is 4.97. The van der Waals surface area contributed by atoms with E-state index in [0.717, 1.165) is 18.4 Å². The Morgan fingerprint density at radius 1 is 1.43 bits per heavy atom. The summed E-state index contributed by atoms with van der Waals surface area (Å²) in [6.45, 7) is 3.91. The number of rotatable bonds is 2. The first-order valence-corrected chi connectivity index (χ1v) is 4.97. The molecule has 1 nitrogen and oxygen atoms in total. The van der Waals surface area contributed by atoms with Gasteiger partial charge >= 0.3 is 0 Å². The predicted octanol–water partition coefficient (Wildman–Crippen LogP) is 2.97. The summed E-state index contributed by atoms with van der Waals surface area (Å²) in [6.07, 6.45) is 1.32. The fourth-order valence-electron chi connectivity index (χ4n) is 1.72. The first-order chi connectivity index (χ1) is 6.53. The molecule has 1 aromatic carbocycles. The third kappa shape index (κ3) is 1.55. The molecule has 76 valence electrons. The van der Waals surface area contributed by atoms with Gasteiger partial charge in [0.25, 0.3) is 0 Å². The Morgan fingerprint density at radius 2 is 2.07 bits per heavy atom. The zero-order valence-electron chi connectivity index (χ0n) is 8.55. The molecule has 1 fully saturated rings. The number of aliphatic hydroxyl groups is 1. The largest absolute Gasteiger partial charge is 0.388 e. The van der Waals surface area contributed by atoms with Crippen LogP contribution >= 0.6 is 0 Å². The maximum Gasteiger partial charge on any atom is 0.129 e. The van der Waals surface area contributed by atoms with E-state index >= 15 is 0 Å². The Morgan fingerprint density at radius 3 is 2.64 bits per heavy atom. The topological polar surface area (TPSA) is 20.2 Å². The van der Waals surface area contributed by atoms with Gasteiger partial charge < -0.3 is 5.11 Å². The lowest BCUT2D eigenvalue weighted by atomic mass is 9.93.